The SMILES string of the molecule is CC(C)(C)c1cc(NC(=O)Nc2cccc(C#Cc3cnc(NCCc4ccccn4)nc3)c2)no1. The predicted molar refractivity (Wildman–Crippen MR) is 139 cm³/mol. The van der Waals surface area contributed by atoms with Gasteiger partial charge in [-0.25, -0.2) is 14.8 Å². The minimum absolute atomic E-state index is 0.196. The third-order valence-corrected chi connectivity index (χ3v) is 5.00. The Hall–Kier alpha value is -4.71. The summed E-state index contributed by atoms with van der Waals surface area (Å²) in [6, 6.07) is 14.4. The van der Waals surface area contributed by atoms with E-state index < -0.39 is 6.03 Å². The Morgan fingerprint density at radius 2 is 1.75 bits per heavy atom. The Morgan fingerprint density at radius 3 is 2.47 bits per heavy atom. The van der Waals surface area contributed by atoms with E-state index in [1.165, 1.54) is 0 Å². The van der Waals surface area contributed by atoms with Gasteiger partial charge in [0.25, 0.3) is 0 Å². The summed E-state index contributed by atoms with van der Waals surface area (Å²) in [7, 11) is 0. The van der Waals surface area contributed by atoms with Gasteiger partial charge in [-0.05, 0) is 30.3 Å². The van der Waals surface area contributed by atoms with E-state index in [1.54, 1.807) is 36.8 Å². The summed E-state index contributed by atoms with van der Waals surface area (Å²) >= 11 is 0. The number of benzene rings is 1. The smallest absolute Gasteiger partial charge is 0.324 e. The van der Waals surface area contributed by atoms with E-state index in [9.17, 15) is 4.79 Å². The molecule has 36 heavy (non-hydrogen) atoms. The lowest BCUT2D eigenvalue weighted by molar-refractivity contribution is 0.262. The molecule has 0 aliphatic rings. The Balaban J connectivity index is 1.30. The molecule has 4 rings (SSSR count). The quantitative estimate of drug-likeness (QED) is 0.337. The second-order valence-corrected chi connectivity index (χ2v) is 9.03. The maximum atomic E-state index is 12.4. The van der Waals surface area contributed by atoms with Gasteiger partial charge in [0.2, 0.25) is 5.95 Å². The van der Waals surface area contributed by atoms with Gasteiger partial charge in [-0.1, -0.05) is 49.9 Å². The number of hydrogen-bond acceptors (Lipinski definition) is 7. The van der Waals surface area contributed by atoms with Crippen molar-refractivity contribution in [1.82, 2.24) is 20.1 Å². The van der Waals surface area contributed by atoms with Crippen molar-refractivity contribution in [2.45, 2.75) is 32.6 Å². The molecule has 0 radical (unpaired) electrons. The van der Waals surface area contributed by atoms with E-state index in [1.807, 2.05) is 51.1 Å². The molecule has 9 heteroatoms. The topological polar surface area (TPSA) is 118 Å². The molecule has 0 aliphatic heterocycles. The number of pyridine rings is 1. The van der Waals surface area contributed by atoms with Crippen LogP contribution in [0.2, 0.25) is 0 Å². The zero-order valence-electron chi connectivity index (χ0n) is 20.4. The zero-order valence-corrected chi connectivity index (χ0v) is 20.4. The van der Waals surface area contributed by atoms with Crippen molar-refractivity contribution in [3.63, 3.8) is 0 Å². The normalized spacial score (nSPS) is 10.8. The maximum absolute atomic E-state index is 12.4. The molecule has 3 heterocycles. The molecule has 0 fully saturated rings. The van der Waals surface area contributed by atoms with Gasteiger partial charge >= 0.3 is 6.03 Å². The second-order valence-electron chi connectivity index (χ2n) is 9.03. The van der Waals surface area contributed by atoms with Crippen LogP contribution in [-0.2, 0) is 11.8 Å². The number of anilines is 3. The molecule has 0 spiro atoms. The van der Waals surface area contributed by atoms with Crippen LogP contribution in [0.25, 0.3) is 0 Å². The fourth-order valence-corrected chi connectivity index (χ4v) is 3.12. The molecule has 9 nitrogen and oxygen atoms in total. The predicted octanol–water partition coefficient (Wildman–Crippen LogP) is 4.86. The number of carbonyl (C=O) groups is 1. The molecule has 0 atom stereocenters. The minimum atomic E-state index is -0.423. The number of rotatable bonds is 6. The van der Waals surface area contributed by atoms with Crippen LogP contribution >= 0.6 is 0 Å². The third-order valence-electron chi connectivity index (χ3n) is 5.00. The summed E-state index contributed by atoms with van der Waals surface area (Å²) in [5.41, 5.74) is 2.83. The fraction of sp³-hybridized carbons (Fsp3) is 0.222. The first-order valence-electron chi connectivity index (χ1n) is 11.5. The molecule has 0 aliphatic carbocycles. The van der Waals surface area contributed by atoms with Crippen LogP contribution < -0.4 is 16.0 Å². The Kier molecular flexibility index (Phi) is 7.56. The first-order valence-corrected chi connectivity index (χ1v) is 11.5. The first-order chi connectivity index (χ1) is 17.3. The molecule has 0 saturated heterocycles. The van der Waals surface area contributed by atoms with Crippen molar-refractivity contribution in [2.24, 2.45) is 0 Å². The minimum Gasteiger partial charge on any atom is -0.359 e. The fourth-order valence-electron chi connectivity index (χ4n) is 3.12. The van der Waals surface area contributed by atoms with Gasteiger partial charge in [-0.15, -0.1) is 0 Å². The molecule has 0 bridgehead atoms. The number of hydrogen-bond donors (Lipinski definition) is 3. The molecule has 1 aromatic carbocycles. The maximum Gasteiger partial charge on any atom is 0.324 e. The van der Waals surface area contributed by atoms with Crippen molar-refractivity contribution >= 4 is 23.5 Å². The lowest BCUT2D eigenvalue weighted by Crippen LogP contribution is -2.19. The van der Waals surface area contributed by atoms with Crippen molar-refractivity contribution in [1.29, 1.82) is 0 Å². The number of urea groups is 1. The zero-order chi connectivity index (χ0) is 25.4. The molecule has 2 amide bonds. The third kappa shape index (κ3) is 7.14. The van der Waals surface area contributed by atoms with Gasteiger partial charge in [-0.3, -0.25) is 10.3 Å². The summed E-state index contributed by atoms with van der Waals surface area (Å²) < 4.78 is 5.29. The average molecular weight is 482 g/mol. The molecular weight excluding hydrogens is 454 g/mol. The van der Waals surface area contributed by atoms with Crippen LogP contribution in [0, 0.1) is 11.8 Å². The standard InChI is InChI=1S/C27H27N7O2/c1-27(2,3)23-16-24(34-36-23)33-26(35)32-22-9-6-7-19(15-22)10-11-20-17-30-25(31-18-20)29-14-12-21-8-4-5-13-28-21/h4-9,13,15-18H,12,14H2,1-3H3,(H,29,30,31)(H2,32,33,34,35). The summed E-state index contributed by atoms with van der Waals surface area (Å²) in [5, 5.41) is 12.5. The van der Waals surface area contributed by atoms with E-state index in [4.69, 9.17) is 4.52 Å². The number of aromatic nitrogens is 4. The number of nitrogens with zero attached hydrogens (tertiary/aromatic N) is 4. The highest BCUT2D eigenvalue weighted by molar-refractivity contribution is 5.99. The van der Waals surface area contributed by atoms with Crippen LogP contribution in [0.4, 0.5) is 22.2 Å². The van der Waals surface area contributed by atoms with Crippen molar-refractivity contribution < 1.29 is 9.32 Å². The number of nitrogens with one attached hydrogen (secondary N) is 3. The highest BCUT2D eigenvalue weighted by Crippen LogP contribution is 2.24. The van der Waals surface area contributed by atoms with Gasteiger partial charge in [-0.2, -0.15) is 0 Å². The summed E-state index contributed by atoms with van der Waals surface area (Å²) in [4.78, 5) is 25.3. The lowest BCUT2D eigenvalue weighted by Gasteiger charge is -2.12. The highest BCUT2D eigenvalue weighted by atomic mass is 16.5. The average Bonchev–Trinajstić information content (AvgIpc) is 3.33. The Labute approximate surface area is 209 Å². The van der Waals surface area contributed by atoms with E-state index in [2.05, 4.69) is 47.9 Å². The number of carbonyl (C=O) groups excluding carboxylic acids is 1. The lowest BCUT2D eigenvalue weighted by atomic mass is 9.93. The molecular formula is C27H27N7O2. The van der Waals surface area contributed by atoms with Crippen LogP contribution in [0.1, 0.15) is 43.4 Å². The summed E-state index contributed by atoms with van der Waals surface area (Å²) in [6.45, 7) is 6.70. The van der Waals surface area contributed by atoms with Crippen LogP contribution in [0.5, 0.6) is 0 Å². The Bertz CT molecular complexity index is 1370. The van der Waals surface area contributed by atoms with Gasteiger partial charge in [0.05, 0.1) is 5.56 Å². The van der Waals surface area contributed by atoms with Gasteiger partial charge in [0.15, 0.2) is 5.82 Å². The molecule has 3 N–H and O–H groups in total. The largest absolute Gasteiger partial charge is 0.359 e. The van der Waals surface area contributed by atoms with Crippen LogP contribution in [0.15, 0.2) is 71.6 Å². The molecule has 182 valence electrons. The second kappa shape index (κ2) is 11.1. The molecule has 4 aromatic rings. The molecule has 0 unspecified atom stereocenters. The summed E-state index contributed by atoms with van der Waals surface area (Å²) in [6.07, 6.45) is 5.90. The molecule has 3 aromatic heterocycles. The number of amides is 2. The van der Waals surface area contributed by atoms with Gasteiger partial charge in [0.1, 0.15) is 5.76 Å². The highest BCUT2D eigenvalue weighted by Gasteiger charge is 2.20. The van der Waals surface area contributed by atoms with E-state index in [0.29, 0.717) is 35.3 Å². The van der Waals surface area contributed by atoms with Gasteiger partial charge < -0.3 is 15.2 Å². The van der Waals surface area contributed by atoms with Crippen molar-refractivity contribution in [3.05, 3.63) is 89.7 Å². The van der Waals surface area contributed by atoms with Crippen LogP contribution in [-0.4, -0.2) is 32.7 Å². The molecule has 0 saturated carbocycles. The van der Waals surface area contributed by atoms with Crippen molar-refractivity contribution in [3.8, 4) is 11.8 Å². The van der Waals surface area contributed by atoms with E-state index >= 15 is 0 Å². The summed E-state index contributed by atoms with van der Waals surface area (Å²) in [5.74, 6) is 7.69. The van der Waals surface area contributed by atoms with E-state index in [0.717, 1.165) is 17.7 Å². The van der Waals surface area contributed by atoms with E-state index in [-0.39, 0.29) is 5.41 Å². The first kappa shape index (κ1) is 24.4. The van der Waals surface area contributed by atoms with Crippen LogP contribution in [0.3, 0.4) is 0 Å². The monoisotopic (exact) mass is 481 g/mol. The van der Waals surface area contributed by atoms with Crippen molar-refractivity contribution in [2.75, 3.05) is 22.5 Å². The Morgan fingerprint density at radius 1 is 0.944 bits per heavy atom. The van der Waals surface area contributed by atoms with Gasteiger partial charge in [0, 0.05) is 60.0 Å².